The summed E-state index contributed by atoms with van der Waals surface area (Å²) in [5.74, 6) is 1.23. The Bertz CT molecular complexity index is 1130. The van der Waals surface area contributed by atoms with Crippen LogP contribution in [0.5, 0.6) is 11.5 Å². The van der Waals surface area contributed by atoms with E-state index < -0.39 is 16.1 Å². The fourth-order valence-corrected chi connectivity index (χ4v) is 5.43. The molecule has 0 amide bonds. The quantitative estimate of drug-likeness (QED) is 0.612. The highest BCUT2D eigenvalue weighted by atomic mass is 35.5. The number of methoxy groups -OCH3 is 2. The largest absolute Gasteiger partial charge is 0.497 e. The molecule has 0 aliphatic carbocycles. The van der Waals surface area contributed by atoms with E-state index in [9.17, 15) is 8.42 Å². The minimum Gasteiger partial charge on any atom is -0.497 e. The van der Waals surface area contributed by atoms with Crippen molar-refractivity contribution in [3.63, 3.8) is 0 Å². The predicted octanol–water partition coefficient (Wildman–Crippen LogP) is 3.95. The number of sulfonamides is 1. The normalized spacial score (nSPS) is 17.0. The van der Waals surface area contributed by atoms with Gasteiger partial charge in [-0.1, -0.05) is 11.6 Å². The monoisotopic (exact) mass is 432 g/mol. The van der Waals surface area contributed by atoms with Crippen LogP contribution in [0, 0.1) is 0 Å². The number of rotatable bonds is 5. The van der Waals surface area contributed by atoms with Gasteiger partial charge in [-0.25, -0.2) is 8.42 Å². The first-order chi connectivity index (χ1) is 14.0. The van der Waals surface area contributed by atoms with Crippen LogP contribution in [-0.4, -0.2) is 38.1 Å². The number of hydrogen-bond donors (Lipinski definition) is 0. The number of fused-ring (bicyclic) bond motifs is 1. The fraction of sp³-hybridized carbons (Fsp3) is 0.238. The first-order valence-electron chi connectivity index (χ1n) is 9.10. The van der Waals surface area contributed by atoms with Gasteiger partial charge in [-0.3, -0.25) is 0 Å². The Morgan fingerprint density at radius 3 is 2.45 bits per heavy atom. The van der Waals surface area contributed by atoms with E-state index in [-0.39, 0.29) is 4.90 Å². The lowest BCUT2D eigenvalue weighted by atomic mass is 10.0. The van der Waals surface area contributed by atoms with Crippen molar-refractivity contribution in [1.82, 2.24) is 8.87 Å². The van der Waals surface area contributed by atoms with Gasteiger partial charge < -0.3 is 14.0 Å². The van der Waals surface area contributed by atoms with Crippen LogP contribution in [0.25, 0.3) is 0 Å². The van der Waals surface area contributed by atoms with Crippen LogP contribution in [0.15, 0.2) is 65.7 Å². The van der Waals surface area contributed by atoms with Gasteiger partial charge in [-0.2, -0.15) is 4.31 Å². The minimum atomic E-state index is -3.78. The van der Waals surface area contributed by atoms with Gasteiger partial charge in [0.2, 0.25) is 10.0 Å². The molecule has 0 bridgehead atoms. The van der Waals surface area contributed by atoms with Crippen molar-refractivity contribution < 1.29 is 17.9 Å². The second-order valence-corrected chi connectivity index (χ2v) is 9.03. The lowest BCUT2D eigenvalue weighted by Gasteiger charge is -2.37. The van der Waals surface area contributed by atoms with Gasteiger partial charge in [-0.15, -0.1) is 0 Å². The summed E-state index contributed by atoms with van der Waals surface area (Å²) in [6.45, 7) is 0.898. The van der Waals surface area contributed by atoms with E-state index in [0.29, 0.717) is 29.6 Å². The molecule has 0 radical (unpaired) electrons. The Hall–Kier alpha value is -2.48. The van der Waals surface area contributed by atoms with Crippen molar-refractivity contribution in [1.29, 1.82) is 0 Å². The Morgan fingerprint density at radius 1 is 1.00 bits per heavy atom. The zero-order chi connectivity index (χ0) is 20.6. The number of halogens is 1. The molecular formula is C21H21ClN2O4S. The van der Waals surface area contributed by atoms with Crippen LogP contribution >= 0.6 is 11.6 Å². The third kappa shape index (κ3) is 3.50. The van der Waals surface area contributed by atoms with Gasteiger partial charge in [0.05, 0.1) is 25.2 Å². The second kappa shape index (κ2) is 7.74. The van der Waals surface area contributed by atoms with Crippen LogP contribution in [0.4, 0.5) is 0 Å². The summed E-state index contributed by atoms with van der Waals surface area (Å²) in [7, 11) is -0.621. The number of nitrogens with zero attached hydrogens (tertiary/aromatic N) is 2. The molecule has 0 spiro atoms. The number of benzene rings is 2. The molecule has 0 fully saturated rings. The van der Waals surface area contributed by atoms with Crippen molar-refractivity contribution in [2.24, 2.45) is 0 Å². The molecule has 0 saturated carbocycles. The number of hydrogen-bond acceptors (Lipinski definition) is 4. The standard InChI is InChI=1S/C21H21ClN2O4S/c1-27-16-7-10-20(28-2)18(14-16)21-19-4-3-11-23(19)12-13-24(21)29(25,26)17-8-5-15(22)6-9-17/h3-11,14,21H,12-13H2,1-2H3. The molecule has 8 heteroatoms. The van der Waals surface area contributed by atoms with Gasteiger partial charge in [0.25, 0.3) is 0 Å². The molecule has 1 aromatic heterocycles. The Balaban J connectivity index is 1.90. The Kier molecular flexibility index (Phi) is 5.29. The van der Waals surface area contributed by atoms with Crippen molar-refractivity contribution >= 4 is 21.6 Å². The van der Waals surface area contributed by atoms with Crippen molar-refractivity contribution in [2.45, 2.75) is 17.5 Å². The van der Waals surface area contributed by atoms with Crippen molar-refractivity contribution in [3.8, 4) is 11.5 Å². The van der Waals surface area contributed by atoms with Gasteiger partial charge in [-0.05, 0) is 54.6 Å². The van der Waals surface area contributed by atoms with Crippen LogP contribution in [0.2, 0.25) is 5.02 Å². The summed E-state index contributed by atoms with van der Waals surface area (Å²) in [6, 6.07) is 15.0. The molecule has 152 valence electrons. The molecule has 29 heavy (non-hydrogen) atoms. The molecule has 3 aromatic rings. The van der Waals surface area contributed by atoms with Gasteiger partial charge in [0, 0.05) is 35.6 Å². The van der Waals surface area contributed by atoms with E-state index in [1.807, 2.05) is 24.4 Å². The van der Waals surface area contributed by atoms with Crippen LogP contribution in [-0.2, 0) is 16.6 Å². The highest BCUT2D eigenvalue weighted by Gasteiger charge is 2.39. The highest BCUT2D eigenvalue weighted by Crippen LogP contribution is 2.41. The summed E-state index contributed by atoms with van der Waals surface area (Å²) >= 11 is 5.96. The van der Waals surface area contributed by atoms with Crippen molar-refractivity contribution in [2.75, 3.05) is 20.8 Å². The summed E-state index contributed by atoms with van der Waals surface area (Å²) in [5, 5.41) is 0.488. The Labute approximate surface area is 175 Å². The zero-order valence-corrected chi connectivity index (χ0v) is 17.7. The maximum atomic E-state index is 13.6. The molecule has 0 saturated heterocycles. The third-order valence-electron chi connectivity index (χ3n) is 5.15. The summed E-state index contributed by atoms with van der Waals surface area (Å²) < 4.78 is 41.7. The average Bonchev–Trinajstić information content (AvgIpc) is 3.21. The lowest BCUT2D eigenvalue weighted by Crippen LogP contribution is -2.42. The molecule has 1 atom stereocenters. The van der Waals surface area contributed by atoms with E-state index in [4.69, 9.17) is 21.1 Å². The van der Waals surface area contributed by atoms with E-state index in [1.54, 1.807) is 38.5 Å². The smallest absolute Gasteiger partial charge is 0.244 e. The molecule has 4 rings (SSSR count). The van der Waals surface area contributed by atoms with E-state index in [1.165, 1.54) is 16.4 Å². The second-order valence-electron chi connectivity index (χ2n) is 6.71. The lowest BCUT2D eigenvalue weighted by molar-refractivity contribution is 0.289. The molecule has 1 unspecified atom stereocenters. The topological polar surface area (TPSA) is 60.8 Å². The summed E-state index contributed by atoms with van der Waals surface area (Å²) in [5.41, 5.74) is 1.60. The molecule has 1 aliphatic heterocycles. The van der Waals surface area contributed by atoms with Crippen LogP contribution in [0.1, 0.15) is 17.3 Å². The summed E-state index contributed by atoms with van der Waals surface area (Å²) in [6.07, 6.45) is 1.96. The highest BCUT2D eigenvalue weighted by molar-refractivity contribution is 7.89. The maximum Gasteiger partial charge on any atom is 0.244 e. The van der Waals surface area contributed by atoms with Gasteiger partial charge in [0.1, 0.15) is 11.5 Å². The molecule has 1 aliphatic rings. The van der Waals surface area contributed by atoms with E-state index >= 15 is 0 Å². The maximum absolute atomic E-state index is 13.6. The SMILES string of the molecule is COc1ccc(OC)c(C2c3cccn3CCN2S(=O)(=O)c2ccc(Cl)cc2)c1. The number of ether oxygens (including phenoxy) is 2. The van der Waals surface area contributed by atoms with Crippen LogP contribution < -0.4 is 9.47 Å². The molecule has 0 N–H and O–H groups in total. The zero-order valence-electron chi connectivity index (χ0n) is 16.1. The molecule has 2 aromatic carbocycles. The van der Waals surface area contributed by atoms with E-state index in [2.05, 4.69) is 4.57 Å². The average molecular weight is 433 g/mol. The predicted molar refractivity (Wildman–Crippen MR) is 111 cm³/mol. The third-order valence-corrected chi connectivity index (χ3v) is 7.28. The fourth-order valence-electron chi connectivity index (χ4n) is 3.73. The van der Waals surface area contributed by atoms with E-state index in [0.717, 1.165) is 11.3 Å². The van der Waals surface area contributed by atoms with Crippen molar-refractivity contribution in [3.05, 3.63) is 77.1 Å². The first-order valence-corrected chi connectivity index (χ1v) is 10.9. The van der Waals surface area contributed by atoms with Gasteiger partial charge >= 0.3 is 0 Å². The molecule has 6 nitrogen and oxygen atoms in total. The number of aromatic nitrogens is 1. The molecular weight excluding hydrogens is 412 g/mol. The van der Waals surface area contributed by atoms with Gasteiger partial charge in [0.15, 0.2) is 0 Å². The minimum absolute atomic E-state index is 0.203. The first kappa shape index (κ1) is 19.8. The van der Waals surface area contributed by atoms with Crippen LogP contribution in [0.3, 0.4) is 0 Å². The Morgan fingerprint density at radius 2 is 1.76 bits per heavy atom. The summed E-state index contributed by atoms with van der Waals surface area (Å²) in [4.78, 5) is 0.203. The molecule has 2 heterocycles.